The second-order valence-corrected chi connectivity index (χ2v) is 5.66. The lowest BCUT2D eigenvalue weighted by atomic mass is 9.87. The molecule has 0 saturated carbocycles. The fraction of sp³-hybridized carbons (Fsp3) is 0.417. The molecule has 1 aliphatic carbocycles. The van der Waals surface area contributed by atoms with E-state index in [1.165, 1.54) is 5.56 Å². The molecule has 2 N–H and O–H groups in total. The van der Waals surface area contributed by atoms with Crippen molar-refractivity contribution in [3.05, 3.63) is 33.8 Å². The number of carbonyl (C=O) groups is 1. The van der Waals surface area contributed by atoms with Crippen molar-refractivity contribution in [3.8, 4) is 0 Å². The Hall–Kier alpha value is -1.03. The van der Waals surface area contributed by atoms with Gasteiger partial charge in [-0.25, -0.2) is 4.79 Å². The summed E-state index contributed by atoms with van der Waals surface area (Å²) >= 11 is 3.45. The first kappa shape index (κ1) is 11.5. The lowest BCUT2D eigenvalue weighted by Crippen LogP contribution is -2.18. The highest BCUT2D eigenvalue weighted by atomic mass is 79.9. The number of hydrogen-bond donors (Lipinski definition) is 1. The molecule has 1 aromatic carbocycles. The average Bonchev–Trinajstić information content (AvgIpc) is 2.37. The van der Waals surface area contributed by atoms with Crippen LogP contribution in [0.15, 0.2) is 22.7 Å². The van der Waals surface area contributed by atoms with Crippen molar-refractivity contribution in [3.63, 3.8) is 0 Å². The van der Waals surface area contributed by atoms with Crippen LogP contribution in [0.1, 0.15) is 37.5 Å². The standard InChI is InChI=1S/C12H14BrNO2/c1-12(2)6-10(16-11(14)15)8-4-3-7(13)5-9(8)12/h3-5,10H,6H2,1-2H3,(H2,14,15). The molecule has 86 valence electrons. The van der Waals surface area contributed by atoms with E-state index in [1.807, 2.05) is 12.1 Å². The van der Waals surface area contributed by atoms with Crippen molar-refractivity contribution in [2.45, 2.75) is 31.8 Å². The number of benzene rings is 1. The van der Waals surface area contributed by atoms with Gasteiger partial charge in [0.15, 0.2) is 0 Å². The molecule has 1 unspecified atom stereocenters. The van der Waals surface area contributed by atoms with Crippen molar-refractivity contribution in [2.75, 3.05) is 0 Å². The minimum Gasteiger partial charge on any atom is -0.441 e. The summed E-state index contributed by atoms with van der Waals surface area (Å²) in [5.41, 5.74) is 7.37. The van der Waals surface area contributed by atoms with Crippen LogP contribution in [0.4, 0.5) is 4.79 Å². The zero-order valence-corrected chi connectivity index (χ0v) is 10.9. The smallest absolute Gasteiger partial charge is 0.405 e. The first-order valence-corrected chi connectivity index (χ1v) is 5.95. The van der Waals surface area contributed by atoms with Crippen LogP contribution in [0.3, 0.4) is 0 Å². The molecule has 0 spiro atoms. The van der Waals surface area contributed by atoms with E-state index in [0.29, 0.717) is 0 Å². The van der Waals surface area contributed by atoms with Crippen LogP contribution >= 0.6 is 15.9 Å². The van der Waals surface area contributed by atoms with Gasteiger partial charge in [0.25, 0.3) is 0 Å². The number of primary amides is 1. The predicted molar refractivity (Wildman–Crippen MR) is 65.2 cm³/mol. The Balaban J connectivity index is 2.42. The molecular formula is C12H14BrNO2. The number of ether oxygens (including phenoxy) is 1. The van der Waals surface area contributed by atoms with Crippen molar-refractivity contribution in [1.82, 2.24) is 0 Å². The van der Waals surface area contributed by atoms with Crippen molar-refractivity contribution in [1.29, 1.82) is 0 Å². The van der Waals surface area contributed by atoms with E-state index in [-0.39, 0.29) is 11.5 Å². The maximum absolute atomic E-state index is 10.8. The van der Waals surface area contributed by atoms with Crippen LogP contribution in [0, 0.1) is 0 Å². The van der Waals surface area contributed by atoms with E-state index in [0.717, 1.165) is 16.5 Å². The zero-order chi connectivity index (χ0) is 11.9. The Labute approximate surface area is 103 Å². The van der Waals surface area contributed by atoms with Crippen molar-refractivity contribution in [2.24, 2.45) is 5.73 Å². The predicted octanol–water partition coefficient (Wildman–Crippen LogP) is 3.27. The van der Waals surface area contributed by atoms with Crippen molar-refractivity contribution < 1.29 is 9.53 Å². The number of rotatable bonds is 1. The molecule has 0 saturated heterocycles. The molecule has 16 heavy (non-hydrogen) atoms. The molecule has 1 amide bonds. The van der Waals surface area contributed by atoms with E-state index >= 15 is 0 Å². The van der Waals surface area contributed by atoms with E-state index < -0.39 is 6.09 Å². The minimum atomic E-state index is -0.712. The van der Waals surface area contributed by atoms with Crippen molar-refractivity contribution >= 4 is 22.0 Å². The normalized spacial score (nSPS) is 21.6. The third-order valence-corrected chi connectivity index (χ3v) is 3.54. The molecule has 1 aliphatic rings. The van der Waals surface area contributed by atoms with Gasteiger partial charge in [0, 0.05) is 4.47 Å². The summed E-state index contributed by atoms with van der Waals surface area (Å²) < 4.78 is 6.18. The Morgan fingerprint density at radius 2 is 2.25 bits per heavy atom. The number of fused-ring (bicyclic) bond motifs is 1. The number of hydrogen-bond acceptors (Lipinski definition) is 2. The molecule has 1 aromatic rings. The first-order valence-electron chi connectivity index (χ1n) is 5.16. The van der Waals surface area contributed by atoms with Gasteiger partial charge >= 0.3 is 6.09 Å². The Bertz CT molecular complexity index is 443. The summed E-state index contributed by atoms with van der Waals surface area (Å²) in [5.74, 6) is 0. The highest BCUT2D eigenvalue weighted by molar-refractivity contribution is 9.10. The van der Waals surface area contributed by atoms with Gasteiger partial charge in [0.05, 0.1) is 0 Å². The van der Waals surface area contributed by atoms with Gasteiger partial charge in [-0.05, 0) is 35.1 Å². The number of nitrogens with two attached hydrogens (primary N) is 1. The topological polar surface area (TPSA) is 52.3 Å². The second-order valence-electron chi connectivity index (χ2n) is 4.75. The average molecular weight is 284 g/mol. The fourth-order valence-corrected chi connectivity index (χ4v) is 2.69. The molecule has 0 fully saturated rings. The number of halogens is 1. The molecular weight excluding hydrogens is 270 g/mol. The first-order chi connectivity index (χ1) is 7.40. The van der Waals surface area contributed by atoms with Crippen LogP contribution in [0.25, 0.3) is 0 Å². The summed E-state index contributed by atoms with van der Waals surface area (Å²) in [7, 11) is 0. The van der Waals surface area contributed by atoms with Gasteiger partial charge in [0.1, 0.15) is 6.10 Å². The highest BCUT2D eigenvalue weighted by Gasteiger charge is 2.38. The van der Waals surface area contributed by atoms with E-state index in [2.05, 4.69) is 35.8 Å². The molecule has 0 aliphatic heterocycles. The van der Waals surface area contributed by atoms with Crippen LogP contribution in [-0.4, -0.2) is 6.09 Å². The largest absolute Gasteiger partial charge is 0.441 e. The molecule has 4 heteroatoms. The summed E-state index contributed by atoms with van der Waals surface area (Å²) in [5, 5.41) is 0. The molecule has 0 aromatic heterocycles. The minimum absolute atomic E-state index is 0.0131. The molecule has 2 rings (SSSR count). The van der Waals surface area contributed by atoms with Crippen LogP contribution < -0.4 is 5.73 Å². The second kappa shape index (κ2) is 3.77. The van der Waals surface area contributed by atoms with E-state index in [9.17, 15) is 4.79 Å². The lowest BCUT2D eigenvalue weighted by molar-refractivity contribution is 0.0993. The summed E-state index contributed by atoms with van der Waals surface area (Å²) in [6.45, 7) is 4.28. The Kier molecular flexibility index (Phi) is 2.70. The molecule has 1 atom stereocenters. The summed E-state index contributed by atoms with van der Waals surface area (Å²) in [6.07, 6.45) is -0.144. The number of amides is 1. The van der Waals surface area contributed by atoms with Crippen LogP contribution in [0.5, 0.6) is 0 Å². The van der Waals surface area contributed by atoms with Crippen LogP contribution in [0.2, 0.25) is 0 Å². The zero-order valence-electron chi connectivity index (χ0n) is 9.29. The van der Waals surface area contributed by atoms with Gasteiger partial charge in [-0.2, -0.15) is 0 Å². The highest BCUT2D eigenvalue weighted by Crippen LogP contribution is 2.46. The Morgan fingerprint density at radius 1 is 1.56 bits per heavy atom. The maximum atomic E-state index is 10.8. The van der Waals surface area contributed by atoms with Gasteiger partial charge in [0.2, 0.25) is 0 Å². The van der Waals surface area contributed by atoms with Gasteiger partial charge < -0.3 is 10.5 Å². The van der Waals surface area contributed by atoms with Gasteiger partial charge in [-0.1, -0.05) is 35.8 Å². The van der Waals surface area contributed by atoms with E-state index in [4.69, 9.17) is 10.5 Å². The van der Waals surface area contributed by atoms with Gasteiger partial charge in [-0.3, -0.25) is 0 Å². The SMILES string of the molecule is CC1(C)CC(OC(N)=O)c2ccc(Br)cc21. The lowest BCUT2D eigenvalue weighted by Gasteiger charge is -2.18. The molecule has 0 heterocycles. The summed E-state index contributed by atoms with van der Waals surface area (Å²) in [6, 6.07) is 6.03. The third kappa shape index (κ3) is 1.94. The summed E-state index contributed by atoms with van der Waals surface area (Å²) in [4.78, 5) is 10.8. The molecule has 0 radical (unpaired) electrons. The monoisotopic (exact) mass is 283 g/mol. The maximum Gasteiger partial charge on any atom is 0.405 e. The quantitative estimate of drug-likeness (QED) is 0.860. The van der Waals surface area contributed by atoms with E-state index in [1.54, 1.807) is 0 Å². The number of carbonyl (C=O) groups excluding carboxylic acids is 1. The Morgan fingerprint density at radius 3 is 2.88 bits per heavy atom. The van der Waals surface area contributed by atoms with Crippen LogP contribution in [-0.2, 0) is 10.2 Å². The fourth-order valence-electron chi connectivity index (χ4n) is 2.32. The third-order valence-electron chi connectivity index (χ3n) is 3.05. The molecule has 3 nitrogen and oxygen atoms in total. The molecule has 0 bridgehead atoms. The van der Waals surface area contributed by atoms with Gasteiger partial charge in [-0.15, -0.1) is 0 Å².